The van der Waals surface area contributed by atoms with Crippen molar-refractivity contribution in [1.29, 1.82) is 0 Å². The highest BCUT2D eigenvalue weighted by atomic mass is 32.2. The Morgan fingerprint density at radius 1 is 1.38 bits per heavy atom. The van der Waals surface area contributed by atoms with Gasteiger partial charge < -0.3 is 5.32 Å². The van der Waals surface area contributed by atoms with Crippen LogP contribution in [0, 0.1) is 6.92 Å². The fraction of sp³-hybridized carbons (Fsp3) is 0.357. The molecule has 0 fully saturated rings. The lowest BCUT2D eigenvalue weighted by atomic mass is 10.3. The molecule has 2 aromatic rings. The fourth-order valence-electron chi connectivity index (χ4n) is 1.76. The normalized spacial score (nSPS) is 11.5. The molecule has 0 atom stereocenters. The molecule has 2 rings (SSSR count). The lowest BCUT2D eigenvalue weighted by Crippen LogP contribution is -2.14. The maximum Gasteiger partial charge on any atom is 0.271 e. The van der Waals surface area contributed by atoms with E-state index in [9.17, 15) is 8.42 Å². The van der Waals surface area contributed by atoms with Gasteiger partial charge in [-0.05, 0) is 48.5 Å². The third-order valence-electron chi connectivity index (χ3n) is 2.93. The summed E-state index contributed by atoms with van der Waals surface area (Å²) in [5.74, 6) is 0. The number of rotatable bonds is 7. The Balaban J connectivity index is 2.11. The molecule has 0 aliphatic rings. The molecule has 2 heterocycles. The van der Waals surface area contributed by atoms with Crippen LogP contribution >= 0.6 is 11.3 Å². The lowest BCUT2D eigenvalue weighted by Gasteiger charge is -2.08. The van der Waals surface area contributed by atoms with Gasteiger partial charge in [0.15, 0.2) is 0 Å². The first-order valence-corrected chi connectivity index (χ1v) is 9.11. The SMILES string of the molecule is CCCNCc1csc(S(=O)(=O)Nc2cnccc2C)c1. The van der Waals surface area contributed by atoms with Crippen LogP contribution in [0.2, 0.25) is 0 Å². The van der Waals surface area contributed by atoms with Gasteiger partial charge in [0.05, 0.1) is 11.9 Å². The van der Waals surface area contributed by atoms with Crippen molar-refractivity contribution in [3.05, 3.63) is 41.0 Å². The summed E-state index contributed by atoms with van der Waals surface area (Å²) in [5.41, 5.74) is 2.34. The molecule has 114 valence electrons. The van der Waals surface area contributed by atoms with Crippen molar-refractivity contribution in [1.82, 2.24) is 10.3 Å². The third-order valence-corrected chi connectivity index (χ3v) is 5.79. The Morgan fingerprint density at radius 2 is 2.19 bits per heavy atom. The van der Waals surface area contributed by atoms with Gasteiger partial charge in [-0.1, -0.05) is 6.92 Å². The summed E-state index contributed by atoms with van der Waals surface area (Å²) in [4.78, 5) is 3.94. The largest absolute Gasteiger partial charge is 0.313 e. The van der Waals surface area contributed by atoms with Gasteiger partial charge in [0, 0.05) is 12.7 Å². The van der Waals surface area contributed by atoms with E-state index in [-0.39, 0.29) is 0 Å². The number of nitrogens with one attached hydrogen (secondary N) is 2. The number of hydrogen-bond donors (Lipinski definition) is 2. The van der Waals surface area contributed by atoms with Gasteiger partial charge in [-0.2, -0.15) is 0 Å². The van der Waals surface area contributed by atoms with Gasteiger partial charge in [-0.3, -0.25) is 9.71 Å². The molecular formula is C14H19N3O2S2. The van der Waals surface area contributed by atoms with Crippen molar-refractivity contribution in [2.24, 2.45) is 0 Å². The molecule has 21 heavy (non-hydrogen) atoms. The molecule has 0 aliphatic carbocycles. The van der Waals surface area contributed by atoms with Gasteiger partial charge >= 0.3 is 0 Å². The molecule has 0 saturated carbocycles. The van der Waals surface area contributed by atoms with Crippen LogP contribution < -0.4 is 10.0 Å². The van der Waals surface area contributed by atoms with E-state index in [2.05, 4.69) is 21.9 Å². The maximum absolute atomic E-state index is 12.3. The van der Waals surface area contributed by atoms with Crippen LogP contribution in [0.25, 0.3) is 0 Å². The van der Waals surface area contributed by atoms with Crippen molar-refractivity contribution >= 4 is 27.0 Å². The highest BCUT2D eigenvalue weighted by Gasteiger charge is 2.17. The summed E-state index contributed by atoms with van der Waals surface area (Å²) in [6, 6.07) is 3.48. The van der Waals surface area contributed by atoms with Crippen LogP contribution in [0.3, 0.4) is 0 Å². The van der Waals surface area contributed by atoms with Crippen molar-refractivity contribution < 1.29 is 8.42 Å². The van der Waals surface area contributed by atoms with Crippen molar-refractivity contribution in [2.45, 2.75) is 31.0 Å². The second kappa shape index (κ2) is 7.02. The van der Waals surface area contributed by atoms with Gasteiger partial charge in [-0.25, -0.2) is 8.42 Å². The fourth-order valence-corrected chi connectivity index (χ4v) is 4.09. The number of sulfonamides is 1. The van der Waals surface area contributed by atoms with Crippen molar-refractivity contribution in [3.63, 3.8) is 0 Å². The minimum absolute atomic E-state index is 0.319. The Morgan fingerprint density at radius 3 is 2.90 bits per heavy atom. The van der Waals surface area contributed by atoms with E-state index in [1.54, 1.807) is 18.3 Å². The molecule has 0 aromatic carbocycles. The lowest BCUT2D eigenvalue weighted by molar-refractivity contribution is 0.603. The van der Waals surface area contributed by atoms with Gasteiger partial charge in [-0.15, -0.1) is 11.3 Å². The average Bonchev–Trinajstić information content (AvgIpc) is 2.91. The molecule has 2 aromatic heterocycles. The molecular weight excluding hydrogens is 306 g/mol. The predicted molar refractivity (Wildman–Crippen MR) is 86.1 cm³/mol. The summed E-state index contributed by atoms with van der Waals surface area (Å²) < 4.78 is 27.6. The molecule has 0 saturated heterocycles. The highest BCUT2D eigenvalue weighted by molar-refractivity contribution is 7.94. The standard InChI is InChI=1S/C14H19N3O2S2/c1-3-5-15-8-12-7-14(20-10-12)21(18,19)17-13-9-16-6-4-11(13)2/h4,6-7,9-10,15,17H,3,5,8H2,1-2H3. The van der Waals surface area contributed by atoms with Gasteiger partial charge in [0.25, 0.3) is 10.0 Å². The number of nitrogens with zero attached hydrogens (tertiary/aromatic N) is 1. The zero-order valence-electron chi connectivity index (χ0n) is 12.1. The number of aryl methyl sites for hydroxylation is 1. The molecule has 0 aliphatic heterocycles. The van der Waals surface area contributed by atoms with Crippen LogP contribution in [0.15, 0.2) is 34.1 Å². The van der Waals surface area contributed by atoms with E-state index >= 15 is 0 Å². The number of aromatic nitrogens is 1. The first kappa shape index (κ1) is 15.9. The van der Waals surface area contributed by atoms with Gasteiger partial charge in [0.2, 0.25) is 0 Å². The summed E-state index contributed by atoms with van der Waals surface area (Å²) >= 11 is 1.23. The Bertz CT molecular complexity index is 696. The first-order chi connectivity index (χ1) is 10.0. The average molecular weight is 325 g/mol. The van der Waals surface area contributed by atoms with E-state index in [1.165, 1.54) is 17.5 Å². The topological polar surface area (TPSA) is 71.1 Å². The number of thiophene rings is 1. The highest BCUT2D eigenvalue weighted by Crippen LogP contribution is 2.24. The second-order valence-electron chi connectivity index (χ2n) is 4.75. The summed E-state index contributed by atoms with van der Waals surface area (Å²) in [5, 5.41) is 5.12. The summed E-state index contributed by atoms with van der Waals surface area (Å²) in [7, 11) is -3.54. The zero-order valence-corrected chi connectivity index (χ0v) is 13.7. The zero-order chi connectivity index (χ0) is 15.3. The van der Waals surface area contributed by atoms with Gasteiger partial charge in [0.1, 0.15) is 4.21 Å². The maximum atomic E-state index is 12.3. The van der Waals surface area contributed by atoms with Crippen LogP contribution in [-0.4, -0.2) is 19.9 Å². The van der Waals surface area contributed by atoms with Crippen molar-refractivity contribution in [3.8, 4) is 0 Å². The third kappa shape index (κ3) is 4.26. The molecule has 0 amide bonds. The molecule has 0 unspecified atom stereocenters. The molecule has 7 heteroatoms. The smallest absolute Gasteiger partial charge is 0.271 e. The monoisotopic (exact) mass is 325 g/mol. The summed E-state index contributed by atoms with van der Waals surface area (Å²) in [6.07, 6.45) is 4.21. The molecule has 0 bridgehead atoms. The number of hydrogen-bond acceptors (Lipinski definition) is 5. The van der Waals surface area contributed by atoms with E-state index in [0.29, 0.717) is 16.4 Å². The van der Waals surface area contributed by atoms with Crippen molar-refractivity contribution in [2.75, 3.05) is 11.3 Å². The van der Waals surface area contributed by atoms with E-state index in [1.807, 2.05) is 12.3 Å². The Kier molecular flexibility index (Phi) is 5.33. The molecule has 2 N–H and O–H groups in total. The molecule has 0 radical (unpaired) electrons. The Labute approximate surface area is 129 Å². The predicted octanol–water partition coefficient (Wildman–Crippen LogP) is 2.75. The van der Waals surface area contributed by atoms with Crippen LogP contribution in [0.4, 0.5) is 5.69 Å². The quantitative estimate of drug-likeness (QED) is 0.768. The number of pyridine rings is 1. The molecule has 0 spiro atoms. The minimum Gasteiger partial charge on any atom is -0.313 e. The van der Waals surface area contributed by atoms with Crippen LogP contribution in [0.5, 0.6) is 0 Å². The molecule has 5 nitrogen and oxygen atoms in total. The van der Waals surface area contributed by atoms with E-state index in [4.69, 9.17) is 0 Å². The van der Waals surface area contributed by atoms with Crippen LogP contribution in [-0.2, 0) is 16.6 Å². The first-order valence-electron chi connectivity index (χ1n) is 6.74. The van der Waals surface area contributed by atoms with Crippen LogP contribution in [0.1, 0.15) is 24.5 Å². The minimum atomic E-state index is -3.54. The number of anilines is 1. The second-order valence-corrected chi connectivity index (χ2v) is 7.57. The van der Waals surface area contributed by atoms with E-state index in [0.717, 1.165) is 24.1 Å². The Hall–Kier alpha value is -1.44. The summed E-state index contributed by atoms with van der Waals surface area (Å²) in [6.45, 7) is 5.54. The van der Waals surface area contributed by atoms with E-state index < -0.39 is 10.0 Å².